The molecule has 0 bridgehead atoms. The van der Waals surface area contributed by atoms with Crippen LogP contribution in [-0.2, 0) is 6.42 Å². The first-order valence-corrected chi connectivity index (χ1v) is 12.8. The number of aryl methyl sites for hydroxylation is 1. The van der Waals surface area contributed by atoms with Crippen LogP contribution in [0.4, 0.5) is 10.3 Å². The lowest BCUT2D eigenvalue weighted by Crippen LogP contribution is -2.34. The highest BCUT2D eigenvalue weighted by Crippen LogP contribution is 2.25. The lowest BCUT2D eigenvalue weighted by molar-refractivity contribution is 0.0954. The first-order valence-electron chi connectivity index (χ1n) is 12.8. The number of rotatable bonds is 12. The van der Waals surface area contributed by atoms with Crippen LogP contribution in [0.2, 0.25) is 0 Å². The molecule has 1 saturated heterocycles. The van der Waals surface area contributed by atoms with Gasteiger partial charge in [-0.3, -0.25) is 4.79 Å². The lowest BCUT2D eigenvalue weighted by atomic mass is 9.92. The number of carbonyl (C=O) groups excluding carboxylic acids is 1. The summed E-state index contributed by atoms with van der Waals surface area (Å²) >= 11 is 0. The number of nitrogens with one attached hydrogen (secondary N) is 1. The molecule has 0 spiro atoms. The van der Waals surface area contributed by atoms with Crippen LogP contribution in [0, 0.1) is 11.7 Å². The average molecular weight is 509 g/mol. The molecule has 1 N–H and O–H groups in total. The maximum absolute atomic E-state index is 14.3. The van der Waals surface area contributed by atoms with E-state index in [1.54, 1.807) is 24.5 Å². The Labute approximate surface area is 216 Å². The summed E-state index contributed by atoms with van der Waals surface area (Å²) in [5.41, 5.74) is 0.741. The van der Waals surface area contributed by atoms with Crippen LogP contribution in [-0.4, -0.2) is 52.3 Å². The zero-order chi connectivity index (χ0) is 26.0. The van der Waals surface area contributed by atoms with Gasteiger partial charge < -0.3 is 19.5 Å². The quantitative estimate of drug-likeness (QED) is 0.279. The summed E-state index contributed by atoms with van der Waals surface area (Å²) in [7, 11) is 0. The lowest BCUT2D eigenvalue weighted by Gasteiger charge is -2.32. The number of anilines is 1. The van der Waals surface area contributed by atoms with E-state index < -0.39 is 11.7 Å². The highest BCUT2D eigenvalue weighted by molar-refractivity contribution is 5.94. The average Bonchev–Trinajstić information content (AvgIpc) is 3.39. The number of piperidine rings is 1. The highest BCUT2D eigenvalue weighted by atomic mass is 19.1. The number of benzene rings is 1. The van der Waals surface area contributed by atoms with Crippen molar-refractivity contribution in [2.45, 2.75) is 45.4 Å². The molecule has 1 amide bonds. The van der Waals surface area contributed by atoms with Crippen molar-refractivity contribution in [3.05, 3.63) is 60.5 Å². The van der Waals surface area contributed by atoms with Gasteiger partial charge in [-0.05, 0) is 50.2 Å². The van der Waals surface area contributed by atoms with Gasteiger partial charge in [0.15, 0.2) is 0 Å². The van der Waals surface area contributed by atoms with Gasteiger partial charge >= 0.3 is 0 Å². The summed E-state index contributed by atoms with van der Waals surface area (Å²) in [4.78, 5) is 27.5. The SMILES string of the molecule is C=CCNC(=O)c1ccc(OCCCC2CCN(c3ncc(-c4noc(CCC)n4)cn3)CC2)cc1F. The maximum Gasteiger partial charge on any atom is 0.254 e. The Morgan fingerprint density at radius 2 is 2.08 bits per heavy atom. The molecule has 2 aromatic heterocycles. The normalized spacial score (nSPS) is 13.9. The zero-order valence-electron chi connectivity index (χ0n) is 21.2. The van der Waals surface area contributed by atoms with Crippen LogP contribution in [0.15, 0.2) is 47.8 Å². The van der Waals surface area contributed by atoms with E-state index in [0.717, 1.165) is 57.2 Å². The van der Waals surface area contributed by atoms with E-state index in [1.807, 2.05) is 0 Å². The number of hydrogen-bond donors (Lipinski definition) is 1. The first-order chi connectivity index (χ1) is 18.1. The number of aromatic nitrogens is 4. The minimum absolute atomic E-state index is 0.00416. The van der Waals surface area contributed by atoms with Crippen molar-refractivity contribution in [2.24, 2.45) is 5.92 Å². The number of carbonyl (C=O) groups is 1. The number of amides is 1. The van der Waals surface area contributed by atoms with Crippen molar-refractivity contribution < 1.29 is 18.4 Å². The second-order valence-corrected chi connectivity index (χ2v) is 9.09. The smallest absolute Gasteiger partial charge is 0.254 e. The van der Waals surface area contributed by atoms with Gasteiger partial charge in [-0.15, -0.1) is 6.58 Å². The Balaban J connectivity index is 1.17. The standard InChI is InChI=1S/C27H33FN6O3/c1-3-6-24-32-25(33-37-24)20-17-30-27(31-18-20)34-13-10-19(11-14-34)7-5-15-36-21-8-9-22(23(28)16-21)26(35)29-12-4-2/h4,8-9,16-19H,2-3,5-7,10-15H2,1H3,(H,29,35). The number of ether oxygens (including phenoxy) is 1. The molecule has 0 radical (unpaired) electrons. The van der Waals surface area contributed by atoms with Crippen LogP contribution in [0.5, 0.6) is 5.75 Å². The van der Waals surface area contributed by atoms with Crippen molar-refractivity contribution in [1.29, 1.82) is 0 Å². The fourth-order valence-electron chi connectivity index (χ4n) is 4.30. The summed E-state index contributed by atoms with van der Waals surface area (Å²) in [5.74, 6) is 1.82. The third-order valence-electron chi connectivity index (χ3n) is 6.34. The van der Waals surface area contributed by atoms with Gasteiger partial charge in [-0.2, -0.15) is 4.98 Å². The molecule has 1 aliphatic rings. The summed E-state index contributed by atoms with van der Waals surface area (Å²) in [6.07, 6.45) is 10.8. The topological polar surface area (TPSA) is 106 Å². The Hall–Kier alpha value is -3.82. The highest BCUT2D eigenvalue weighted by Gasteiger charge is 2.21. The van der Waals surface area contributed by atoms with Crippen molar-refractivity contribution >= 4 is 11.9 Å². The number of nitrogens with zero attached hydrogens (tertiary/aromatic N) is 5. The molecule has 1 fully saturated rings. The van der Waals surface area contributed by atoms with E-state index in [9.17, 15) is 9.18 Å². The monoisotopic (exact) mass is 508 g/mol. The zero-order valence-corrected chi connectivity index (χ0v) is 21.2. The molecule has 3 aromatic rings. The van der Waals surface area contributed by atoms with Gasteiger partial charge in [0, 0.05) is 44.5 Å². The second-order valence-electron chi connectivity index (χ2n) is 9.09. The van der Waals surface area contributed by atoms with Gasteiger partial charge in [0.1, 0.15) is 11.6 Å². The third kappa shape index (κ3) is 7.12. The molecular weight excluding hydrogens is 475 g/mol. The predicted molar refractivity (Wildman–Crippen MR) is 138 cm³/mol. The van der Waals surface area contributed by atoms with Crippen LogP contribution in [0.1, 0.15) is 55.3 Å². The van der Waals surface area contributed by atoms with Crippen LogP contribution >= 0.6 is 0 Å². The Bertz CT molecular complexity index is 1180. The molecule has 10 heteroatoms. The molecule has 4 rings (SSSR count). The van der Waals surface area contributed by atoms with Gasteiger partial charge in [-0.1, -0.05) is 18.2 Å². The predicted octanol–water partition coefficient (Wildman–Crippen LogP) is 4.61. The van der Waals surface area contributed by atoms with Gasteiger partial charge in [0.05, 0.1) is 17.7 Å². The van der Waals surface area contributed by atoms with Crippen molar-refractivity contribution in [3.8, 4) is 17.1 Å². The van der Waals surface area contributed by atoms with E-state index in [0.29, 0.717) is 35.9 Å². The fraction of sp³-hybridized carbons (Fsp3) is 0.444. The van der Waals surface area contributed by atoms with Crippen LogP contribution < -0.4 is 15.0 Å². The van der Waals surface area contributed by atoms with Gasteiger partial charge in [-0.25, -0.2) is 14.4 Å². The fourth-order valence-corrected chi connectivity index (χ4v) is 4.30. The molecule has 1 aliphatic heterocycles. The Kier molecular flexibility index (Phi) is 9.18. The minimum Gasteiger partial charge on any atom is -0.493 e. The van der Waals surface area contributed by atoms with Gasteiger partial charge in [0.25, 0.3) is 5.91 Å². The van der Waals surface area contributed by atoms with E-state index >= 15 is 0 Å². The van der Waals surface area contributed by atoms with Crippen LogP contribution in [0.3, 0.4) is 0 Å². The Morgan fingerprint density at radius 1 is 1.30 bits per heavy atom. The second kappa shape index (κ2) is 12.9. The maximum atomic E-state index is 14.3. The van der Waals surface area contributed by atoms with Crippen molar-refractivity contribution in [3.63, 3.8) is 0 Å². The van der Waals surface area contributed by atoms with E-state index in [-0.39, 0.29) is 12.1 Å². The number of halogens is 1. The molecule has 196 valence electrons. The molecule has 1 aromatic carbocycles. The van der Waals surface area contributed by atoms with E-state index in [1.165, 1.54) is 12.1 Å². The molecule has 37 heavy (non-hydrogen) atoms. The molecule has 9 nitrogen and oxygen atoms in total. The third-order valence-corrected chi connectivity index (χ3v) is 6.34. The minimum atomic E-state index is -0.597. The van der Waals surface area contributed by atoms with Gasteiger partial charge in [0.2, 0.25) is 17.7 Å². The molecule has 0 unspecified atom stereocenters. The van der Waals surface area contributed by atoms with Crippen molar-refractivity contribution in [1.82, 2.24) is 25.4 Å². The largest absolute Gasteiger partial charge is 0.493 e. The van der Waals surface area contributed by atoms with E-state index in [4.69, 9.17) is 9.26 Å². The first kappa shape index (κ1) is 26.2. The summed E-state index contributed by atoms with van der Waals surface area (Å²) in [6, 6.07) is 4.33. The Morgan fingerprint density at radius 3 is 2.78 bits per heavy atom. The molecule has 3 heterocycles. The summed E-state index contributed by atoms with van der Waals surface area (Å²) < 4.78 is 25.2. The summed E-state index contributed by atoms with van der Waals surface area (Å²) in [6.45, 7) is 8.18. The van der Waals surface area contributed by atoms with E-state index in [2.05, 4.69) is 43.8 Å². The summed E-state index contributed by atoms with van der Waals surface area (Å²) in [5, 5.41) is 6.58. The van der Waals surface area contributed by atoms with Crippen LogP contribution in [0.25, 0.3) is 11.4 Å². The number of hydrogen-bond acceptors (Lipinski definition) is 8. The molecule has 0 atom stereocenters. The molecule has 0 aliphatic carbocycles. The molecule has 0 saturated carbocycles. The van der Waals surface area contributed by atoms with Crippen molar-refractivity contribution in [2.75, 3.05) is 31.1 Å². The molecular formula is C27H33FN6O3.